The van der Waals surface area contributed by atoms with Crippen molar-refractivity contribution in [1.29, 1.82) is 0 Å². The number of hydrogen-bond acceptors (Lipinski definition) is 5. The molecule has 1 aliphatic heterocycles. The quantitative estimate of drug-likeness (QED) is 0.678. The Kier molecular flexibility index (Phi) is 3.46. The zero-order valence-corrected chi connectivity index (χ0v) is 13.1. The molecular weight excluding hydrogens is 310 g/mol. The van der Waals surface area contributed by atoms with E-state index in [9.17, 15) is 9.59 Å². The lowest BCUT2D eigenvalue weighted by molar-refractivity contribution is -0.125. The predicted molar refractivity (Wildman–Crippen MR) is 88.2 cm³/mol. The Balaban J connectivity index is 1.82. The number of morpholine rings is 1. The second-order valence-corrected chi connectivity index (χ2v) is 5.58. The molecule has 0 unspecified atom stereocenters. The summed E-state index contributed by atoms with van der Waals surface area (Å²) in [4.78, 5) is 25.4. The third-order valence-electron chi connectivity index (χ3n) is 4.17. The van der Waals surface area contributed by atoms with E-state index in [1.54, 1.807) is 17.0 Å². The number of carbonyl (C=O) groups is 2. The van der Waals surface area contributed by atoms with E-state index in [0.717, 1.165) is 16.5 Å². The second-order valence-electron chi connectivity index (χ2n) is 5.58. The number of carbonyl (C=O) groups excluding carboxylic acids is 2. The Morgan fingerprint density at radius 1 is 1.12 bits per heavy atom. The van der Waals surface area contributed by atoms with Crippen LogP contribution in [0.25, 0.3) is 21.9 Å². The number of nitrogens with zero attached hydrogens (tertiary/aromatic N) is 1. The maximum atomic E-state index is 12.0. The van der Waals surface area contributed by atoms with Crippen LogP contribution in [0.5, 0.6) is 0 Å². The molecule has 2 aromatic carbocycles. The summed E-state index contributed by atoms with van der Waals surface area (Å²) in [5, 5.41) is 1.79. The summed E-state index contributed by atoms with van der Waals surface area (Å²) >= 11 is 0. The van der Waals surface area contributed by atoms with E-state index in [0.29, 0.717) is 29.9 Å². The van der Waals surface area contributed by atoms with Crippen LogP contribution in [0.15, 0.2) is 40.8 Å². The summed E-state index contributed by atoms with van der Waals surface area (Å²) in [7, 11) is 1.34. The highest BCUT2D eigenvalue weighted by Crippen LogP contribution is 2.32. The van der Waals surface area contributed by atoms with E-state index in [1.807, 2.05) is 24.3 Å². The molecule has 1 fully saturated rings. The average Bonchev–Trinajstić information content (AvgIpc) is 2.98. The van der Waals surface area contributed by atoms with Crippen LogP contribution in [0.1, 0.15) is 10.4 Å². The second kappa shape index (κ2) is 5.65. The Morgan fingerprint density at radius 2 is 2.00 bits per heavy atom. The molecule has 0 bridgehead atoms. The van der Waals surface area contributed by atoms with Gasteiger partial charge in [0.25, 0.3) is 5.91 Å². The maximum absolute atomic E-state index is 12.0. The van der Waals surface area contributed by atoms with Crippen molar-refractivity contribution in [3.05, 3.63) is 42.0 Å². The number of ether oxygens (including phenoxy) is 2. The van der Waals surface area contributed by atoms with Gasteiger partial charge >= 0.3 is 5.97 Å². The summed E-state index contributed by atoms with van der Waals surface area (Å²) < 4.78 is 15.7. The molecule has 0 atom stereocenters. The normalized spacial score (nSPS) is 15.2. The molecule has 0 aliphatic carbocycles. The number of fused-ring (bicyclic) bond motifs is 3. The molecular formula is C18H15NO5. The third kappa shape index (κ3) is 2.32. The lowest BCUT2D eigenvalue weighted by atomic mass is 10.1. The van der Waals surface area contributed by atoms with Crippen molar-refractivity contribution in [2.24, 2.45) is 0 Å². The fourth-order valence-electron chi connectivity index (χ4n) is 2.97. The van der Waals surface area contributed by atoms with Crippen LogP contribution in [0.2, 0.25) is 0 Å². The lowest BCUT2D eigenvalue weighted by Gasteiger charge is -2.26. The molecule has 1 aromatic heterocycles. The molecule has 0 radical (unpaired) electrons. The topological polar surface area (TPSA) is 69.0 Å². The first-order valence-corrected chi connectivity index (χ1v) is 7.60. The first kappa shape index (κ1) is 14.7. The fraction of sp³-hybridized carbons (Fsp3) is 0.222. The largest absolute Gasteiger partial charge is 0.465 e. The molecule has 122 valence electrons. The summed E-state index contributed by atoms with van der Waals surface area (Å²) in [5.41, 5.74) is 2.57. The summed E-state index contributed by atoms with van der Waals surface area (Å²) in [6.07, 6.45) is 0. The number of furan rings is 1. The summed E-state index contributed by atoms with van der Waals surface area (Å²) in [5.74, 6) is -0.460. The van der Waals surface area contributed by atoms with Gasteiger partial charge in [0.1, 0.15) is 17.8 Å². The first-order chi connectivity index (χ1) is 11.7. The van der Waals surface area contributed by atoms with Crippen LogP contribution in [0, 0.1) is 0 Å². The van der Waals surface area contributed by atoms with E-state index in [4.69, 9.17) is 13.9 Å². The van der Waals surface area contributed by atoms with Crippen molar-refractivity contribution in [3.8, 4) is 0 Å². The van der Waals surface area contributed by atoms with Crippen molar-refractivity contribution < 1.29 is 23.5 Å². The molecule has 1 aliphatic rings. The van der Waals surface area contributed by atoms with E-state index in [-0.39, 0.29) is 12.5 Å². The summed E-state index contributed by atoms with van der Waals surface area (Å²) in [6, 6.07) is 10.8. The molecule has 0 spiro atoms. The van der Waals surface area contributed by atoms with E-state index < -0.39 is 5.97 Å². The molecule has 0 N–H and O–H groups in total. The van der Waals surface area contributed by atoms with Crippen molar-refractivity contribution in [2.45, 2.75) is 0 Å². The number of rotatable bonds is 2. The van der Waals surface area contributed by atoms with Gasteiger partial charge in [-0.1, -0.05) is 0 Å². The molecule has 0 saturated carbocycles. The molecule has 6 heteroatoms. The number of benzene rings is 2. The van der Waals surface area contributed by atoms with E-state index in [1.165, 1.54) is 7.11 Å². The fourth-order valence-corrected chi connectivity index (χ4v) is 2.97. The van der Waals surface area contributed by atoms with Gasteiger partial charge in [-0.25, -0.2) is 4.79 Å². The van der Waals surface area contributed by atoms with Crippen LogP contribution in [0.4, 0.5) is 5.69 Å². The van der Waals surface area contributed by atoms with Gasteiger partial charge in [0.2, 0.25) is 0 Å². The van der Waals surface area contributed by atoms with Gasteiger partial charge in [0, 0.05) is 23.0 Å². The van der Waals surface area contributed by atoms with Crippen molar-refractivity contribution in [3.63, 3.8) is 0 Å². The van der Waals surface area contributed by atoms with E-state index >= 15 is 0 Å². The minimum absolute atomic E-state index is 0.0543. The number of hydrogen-bond donors (Lipinski definition) is 0. The average molecular weight is 325 g/mol. The third-order valence-corrected chi connectivity index (χ3v) is 4.17. The summed E-state index contributed by atoms with van der Waals surface area (Å²) in [6.45, 7) is 1.16. The predicted octanol–water partition coefficient (Wildman–Crippen LogP) is 2.74. The van der Waals surface area contributed by atoms with Gasteiger partial charge in [-0.2, -0.15) is 0 Å². The highest BCUT2D eigenvalue weighted by atomic mass is 16.5. The van der Waals surface area contributed by atoms with Gasteiger partial charge in [0.15, 0.2) is 0 Å². The molecule has 6 nitrogen and oxygen atoms in total. The molecule has 1 saturated heterocycles. The van der Waals surface area contributed by atoms with Crippen molar-refractivity contribution >= 4 is 39.5 Å². The molecule has 1 amide bonds. The SMILES string of the molecule is COC(=O)c1ccc2c(c1)oc1ccc(N3CCOCC3=O)cc12. The number of esters is 1. The standard InChI is InChI=1S/C18H15NO5/c1-22-18(21)11-2-4-13-14-9-12(19-6-7-23-10-17(19)20)3-5-15(14)24-16(13)8-11/h2-5,8-9H,6-7,10H2,1H3. The van der Waals surface area contributed by atoms with Gasteiger partial charge in [-0.15, -0.1) is 0 Å². The Bertz CT molecular complexity index is 959. The maximum Gasteiger partial charge on any atom is 0.337 e. The molecule has 2 heterocycles. The number of anilines is 1. The first-order valence-electron chi connectivity index (χ1n) is 7.60. The highest BCUT2D eigenvalue weighted by Gasteiger charge is 2.21. The van der Waals surface area contributed by atoms with Crippen LogP contribution < -0.4 is 4.90 Å². The minimum Gasteiger partial charge on any atom is -0.465 e. The zero-order chi connectivity index (χ0) is 16.7. The minimum atomic E-state index is -0.406. The zero-order valence-electron chi connectivity index (χ0n) is 13.1. The van der Waals surface area contributed by atoms with Gasteiger partial charge < -0.3 is 18.8 Å². The van der Waals surface area contributed by atoms with E-state index in [2.05, 4.69) is 0 Å². The van der Waals surface area contributed by atoms with Crippen LogP contribution in [0.3, 0.4) is 0 Å². The Hall–Kier alpha value is -2.86. The highest BCUT2D eigenvalue weighted by molar-refractivity contribution is 6.09. The molecule has 24 heavy (non-hydrogen) atoms. The van der Waals surface area contributed by atoms with Gasteiger partial charge in [-0.05, 0) is 36.4 Å². The Labute approximate surface area is 137 Å². The monoisotopic (exact) mass is 325 g/mol. The van der Waals surface area contributed by atoms with Gasteiger partial charge in [0.05, 0.1) is 19.3 Å². The Morgan fingerprint density at radius 3 is 2.79 bits per heavy atom. The van der Waals surface area contributed by atoms with Crippen molar-refractivity contribution in [1.82, 2.24) is 0 Å². The van der Waals surface area contributed by atoms with Crippen LogP contribution >= 0.6 is 0 Å². The molecule has 4 rings (SSSR count). The molecule has 3 aromatic rings. The van der Waals surface area contributed by atoms with Crippen LogP contribution in [-0.2, 0) is 14.3 Å². The number of amides is 1. The lowest BCUT2D eigenvalue weighted by Crippen LogP contribution is -2.41. The number of methoxy groups -OCH3 is 1. The smallest absolute Gasteiger partial charge is 0.337 e. The van der Waals surface area contributed by atoms with Crippen LogP contribution in [-0.4, -0.2) is 38.7 Å². The van der Waals surface area contributed by atoms with Crippen molar-refractivity contribution in [2.75, 3.05) is 31.8 Å². The van der Waals surface area contributed by atoms with Gasteiger partial charge in [-0.3, -0.25) is 4.79 Å².